The second kappa shape index (κ2) is 4.41. The van der Waals surface area contributed by atoms with Crippen molar-refractivity contribution in [2.24, 2.45) is 0 Å². The van der Waals surface area contributed by atoms with Crippen LogP contribution in [0.2, 0.25) is 0 Å². The maximum absolute atomic E-state index is 11.6. The fraction of sp³-hybridized carbons (Fsp3) is 0.231. The molecule has 2 aromatic rings. The van der Waals surface area contributed by atoms with E-state index >= 15 is 0 Å². The largest absolute Gasteiger partial charge is 0.465 e. The lowest BCUT2D eigenvalue weighted by molar-refractivity contribution is 0.0600. The van der Waals surface area contributed by atoms with Gasteiger partial charge < -0.3 is 9.26 Å². The highest BCUT2D eigenvalue weighted by Crippen LogP contribution is 2.28. The smallest absolute Gasteiger partial charge is 0.343 e. The fourth-order valence-corrected chi connectivity index (χ4v) is 1.86. The van der Waals surface area contributed by atoms with E-state index in [0.29, 0.717) is 11.3 Å². The third kappa shape index (κ3) is 1.93. The summed E-state index contributed by atoms with van der Waals surface area (Å²) >= 11 is 0. The molecular weight excluding hydrogens is 218 g/mol. The molecule has 0 amide bonds. The van der Waals surface area contributed by atoms with E-state index in [0.717, 1.165) is 16.7 Å². The van der Waals surface area contributed by atoms with E-state index in [1.54, 1.807) is 0 Å². The third-order valence-electron chi connectivity index (χ3n) is 2.69. The predicted octanol–water partition coefficient (Wildman–Crippen LogP) is 2.75. The lowest BCUT2D eigenvalue weighted by Gasteiger charge is -2.07. The zero-order valence-corrected chi connectivity index (χ0v) is 9.98. The first-order chi connectivity index (χ1) is 8.15. The second-order valence-electron chi connectivity index (χ2n) is 3.84. The van der Waals surface area contributed by atoms with Crippen LogP contribution in [0.4, 0.5) is 0 Å². The molecule has 0 aliphatic carbocycles. The van der Waals surface area contributed by atoms with E-state index in [4.69, 9.17) is 9.26 Å². The summed E-state index contributed by atoms with van der Waals surface area (Å²) in [5.74, 6) is -0.441. The Morgan fingerprint density at radius 2 is 1.94 bits per heavy atom. The van der Waals surface area contributed by atoms with Crippen molar-refractivity contribution in [2.75, 3.05) is 7.11 Å². The van der Waals surface area contributed by atoms with Gasteiger partial charge in [0.2, 0.25) is 0 Å². The Morgan fingerprint density at radius 3 is 2.53 bits per heavy atom. The van der Waals surface area contributed by atoms with Crippen molar-refractivity contribution in [3.63, 3.8) is 0 Å². The molecule has 0 aliphatic rings. The molecule has 0 radical (unpaired) electrons. The minimum Gasteiger partial charge on any atom is -0.465 e. The molecule has 1 aromatic carbocycles. The lowest BCUT2D eigenvalue weighted by atomic mass is 9.98. The molecule has 1 heterocycles. The molecule has 17 heavy (non-hydrogen) atoms. The van der Waals surface area contributed by atoms with Gasteiger partial charge in [0, 0.05) is 5.56 Å². The monoisotopic (exact) mass is 231 g/mol. The zero-order chi connectivity index (χ0) is 12.4. The standard InChI is InChI=1S/C13H13NO3/c1-8-5-4-6-9(2)11(8)12-10(7-17-14-12)13(15)16-3/h4-7H,1-3H3. The molecule has 4 heteroatoms. The average Bonchev–Trinajstić information content (AvgIpc) is 2.77. The van der Waals surface area contributed by atoms with Gasteiger partial charge in [-0.2, -0.15) is 0 Å². The summed E-state index contributed by atoms with van der Waals surface area (Å²) in [6.07, 6.45) is 1.31. The minimum atomic E-state index is -0.441. The number of methoxy groups -OCH3 is 1. The number of esters is 1. The topological polar surface area (TPSA) is 52.3 Å². The lowest BCUT2D eigenvalue weighted by Crippen LogP contribution is -2.02. The fourth-order valence-electron chi connectivity index (χ4n) is 1.86. The first-order valence-electron chi connectivity index (χ1n) is 5.24. The van der Waals surface area contributed by atoms with E-state index < -0.39 is 5.97 Å². The van der Waals surface area contributed by atoms with Crippen LogP contribution in [0.3, 0.4) is 0 Å². The summed E-state index contributed by atoms with van der Waals surface area (Å²) in [6, 6.07) is 5.90. The Balaban J connectivity index is 2.62. The van der Waals surface area contributed by atoms with Crippen molar-refractivity contribution < 1.29 is 14.1 Å². The third-order valence-corrected chi connectivity index (χ3v) is 2.69. The first-order valence-corrected chi connectivity index (χ1v) is 5.24. The molecule has 0 saturated heterocycles. The molecule has 0 unspecified atom stereocenters. The Morgan fingerprint density at radius 1 is 1.29 bits per heavy atom. The maximum Gasteiger partial charge on any atom is 0.343 e. The molecule has 0 saturated carbocycles. The van der Waals surface area contributed by atoms with Crippen molar-refractivity contribution in [3.05, 3.63) is 41.2 Å². The number of aromatic nitrogens is 1. The van der Waals surface area contributed by atoms with Gasteiger partial charge in [-0.1, -0.05) is 23.4 Å². The average molecular weight is 231 g/mol. The summed E-state index contributed by atoms with van der Waals surface area (Å²) in [6.45, 7) is 3.94. The number of rotatable bonds is 2. The highest BCUT2D eigenvalue weighted by atomic mass is 16.5. The van der Waals surface area contributed by atoms with Gasteiger partial charge in [0.05, 0.1) is 7.11 Å². The van der Waals surface area contributed by atoms with E-state index in [2.05, 4.69) is 5.16 Å². The number of aryl methyl sites for hydroxylation is 2. The van der Waals surface area contributed by atoms with Crippen LogP contribution < -0.4 is 0 Å². The zero-order valence-electron chi connectivity index (χ0n) is 9.98. The quantitative estimate of drug-likeness (QED) is 0.746. The van der Waals surface area contributed by atoms with Gasteiger partial charge in [0.1, 0.15) is 17.5 Å². The van der Waals surface area contributed by atoms with Crippen molar-refractivity contribution in [3.8, 4) is 11.3 Å². The maximum atomic E-state index is 11.6. The molecule has 1 aromatic heterocycles. The van der Waals surface area contributed by atoms with Gasteiger partial charge in [-0.3, -0.25) is 0 Å². The number of hydrogen-bond acceptors (Lipinski definition) is 4. The van der Waals surface area contributed by atoms with Crippen molar-refractivity contribution in [2.45, 2.75) is 13.8 Å². The Bertz CT molecular complexity index is 537. The molecule has 0 bridgehead atoms. The normalized spacial score (nSPS) is 10.3. The Kier molecular flexibility index (Phi) is 2.95. The van der Waals surface area contributed by atoms with Gasteiger partial charge in [-0.05, 0) is 25.0 Å². The minimum absolute atomic E-state index is 0.352. The van der Waals surface area contributed by atoms with Crippen LogP contribution in [0.25, 0.3) is 11.3 Å². The molecule has 88 valence electrons. The summed E-state index contributed by atoms with van der Waals surface area (Å²) < 4.78 is 9.58. The second-order valence-corrected chi connectivity index (χ2v) is 3.84. The number of nitrogens with zero attached hydrogens (tertiary/aromatic N) is 1. The van der Waals surface area contributed by atoms with Gasteiger partial charge in [-0.25, -0.2) is 4.79 Å². The SMILES string of the molecule is COC(=O)c1conc1-c1c(C)cccc1C. The van der Waals surface area contributed by atoms with Crippen molar-refractivity contribution in [1.82, 2.24) is 5.16 Å². The van der Waals surface area contributed by atoms with Crippen LogP contribution in [0.1, 0.15) is 21.5 Å². The van der Waals surface area contributed by atoms with Crippen molar-refractivity contribution >= 4 is 5.97 Å². The molecule has 0 aliphatic heterocycles. The number of ether oxygens (including phenoxy) is 1. The molecule has 0 N–H and O–H groups in total. The summed E-state index contributed by atoms with van der Waals surface area (Å²) in [5, 5.41) is 3.90. The van der Waals surface area contributed by atoms with Crippen molar-refractivity contribution in [1.29, 1.82) is 0 Å². The number of benzene rings is 1. The molecule has 2 rings (SSSR count). The van der Waals surface area contributed by atoms with Crippen LogP contribution in [0.15, 0.2) is 29.0 Å². The van der Waals surface area contributed by atoms with Crippen LogP contribution in [-0.4, -0.2) is 18.2 Å². The van der Waals surface area contributed by atoms with Crippen LogP contribution in [-0.2, 0) is 4.74 Å². The van der Waals surface area contributed by atoms with E-state index in [1.807, 2.05) is 32.0 Å². The predicted molar refractivity (Wildman–Crippen MR) is 62.8 cm³/mol. The van der Waals surface area contributed by atoms with Crippen LogP contribution in [0.5, 0.6) is 0 Å². The Hall–Kier alpha value is -2.10. The van der Waals surface area contributed by atoms with E-state index in [1.165, 1.54) is 13.4 Å². The highest BCUT2D eigenvalue weighted by molar-refractivity contribution is 5.96. The van der Waals surface area contributed by atoms with Crippen LogP contribution in [0, 0.1) is 13.8 Å². The summed E-state index contributed by atoms with van der Waals surface area (Å²) in [5.41, 5.74) is 3.90. The van der Waals surface area contributed by atoms with Crippen LogP contribution >= 0.6 is 0 Å². The molecule has 0 fully saturated rings. The van der Waals surface area contributed by atoms with Gasteiger partial charge in [0.25, 0.3) is 0 Å². The van der Waals surface area contributed by atoms with E-state index in [9.17, 15) is 4.79 Å². The van der Waals surface area contributed by atoms with E-state index in [-0.39, 0.29) is 0 Å². The molecule has 0 atom stereocenters. The summed E-state index contributed by atoms with van der Waals surface area (Å²) in [4.78, 5) is 11.6. The van der Waals surface area contributed by atoms with Gasteiger partial charge in [0.15, 0.2) is 0 Å². The molecular formula is C13H13NO3. The highest BCUT2D eigenvalue weighted by Gasteiger charge is 2.20. The molecule has 0 spiro atoms. The number of carbonyl (C=O) groups excluding carboxylic acids is 1. The number of hydrogen-bond donors (Lipinski definition) is 0. The first kappa shape index (κ1) is 11.4. The van der Waals surface area contributed by atoms with Gasteiger partial charge in [-0.15, -0.1) is 0 Å². The Labute approximate surface area is 99.2 Å². The number of carbonyl (C=O) groups is 1. The summed E-state index contributed by atoms with van der Waals surface area (Å²) in [7, 11) is 1.34. The van der Waals surface area contributed by atoms with Gasteiger partial charge >= 0.3 is 5.97 Å². The molecule has 4 nitrogen and oxygen atoms in total.